The number of carbonyl (C=O) groups excluding carboxylic acids is 2. The predicted molar refractivity (Wildman–Crippen MR) is 96.2 cm³/mol. The Morgan fingerprint density at radius 3 is 2.60 bits per heavy atom. The van der Waals surface area contributed by atoms with Crippen molar-refractivity contribution in [3.05, 3.63) is 47.4 Å². The maximum absolute atomic E-state index is 12.4. The Labute approximate surface area is 147 Å². The number of amides is 1. The van der Waals surface area contributed by atoms with Crippen LogP contribution in [0.2, 0.25) is 0 Å². The zero-order valence-corrected chi connectivity index (χ0v) is 14.5. The van der Waals surface area contributed by atoms with E-state index in [1.165, 1.54) is 6.92 Å². The molecule has 1 aliphatic rings. The van der Waals surface area contributed by atoms with Gasteiger partial charge in [0.15, 0.2) is 5.78 Å². The first-order chi connectivity index (χ1) is 12.0. The van der Waals surface area contributed by atoms with Crippen LogP contribution in [0, 0.1) is 6.92 Å². The van der Waals surface area contributed by atoms with E-state index >= 15 is 0 Å². The van der Waals surface area contributed by atoms with E-state index in [-0.39, 0.29) is 17.7 Å². The van der Waals surface area contributed by atoms with E-state index in [1.54, 1.807) is 31.2 Å². The van der Waals surface area contributed by atoms with E-state index in [0.29, 0.717) is 22.9 Å². The molecule has 0 unspecified atom stereocenters. The van der Waals surface area contributed by atoms with Crippen molar-refractivity contribution in [2.45, 2.75) is 45.6 Å². The number of nitrogens with one attached hydrogen (secondary N) is 2. The van der Waals surface area contributed by atoms with Gasteiger partial charge in [-0.25, -0.2) is 9.97 Å². The van der Waals surface area contributed by atoms with Crippen molar-refractivity contribution in [3.8, 4) is 0 Å². The van der Waals surface area contributed by atoms with E-state index in [4.69, 9.17) is 0 Å². The van der Waals surface area contributed by atoms with Gasteiger partial charge in [0.25, 0.3) is 5.91 Å². The maximum Gasteiger partial charge on any atom is 0.270 e. The summed E-state index contributed by atoms with van der Waals surface area (Å²) in [4.78, 5) is 32.5. The molecule has 1 aromatic heterocycles. The zero-order chi connectivity index (χ0) is 17.8. The first kappa shape index (κ1) is 17.1. The summed E-state index contributed by atoms with van der Waals surface area (Å²) in [5, 5.41) is 6.18. The van der Waals surface area contributed by atoms with Crippen LogP contribution < -0.4 is 10.6 Å². The zero-order valence-electron chi connectivity index (χ0n) is 14.5. The topological polar surface area (TPSA) is 84.0 Å². The average Bonchev–Trinajstić information content (AvgIpc) is 3.07. The van der Waals surface area contributed by atoms with Gasteiger partial charge in [0.2, 0.25) is 0 Å². The fraction of sp³-hybridized carbons (Fsp3) is 0.368. The minimum atomic E-state index is -0.169. The number of hydrogen-bond acceptors (Lipinski definition) is 5. The summed E-state index contributed by atoms with van der Waals surface area (Å²) < 4.78 is 0. The highest BCUT2D eigenvalue weighted by Gasteiger charge is 2.19. The van der Waals surface area contributed by atoms with Crippen LogP contribution in [0.5, 0.6) is 0 Å². The van der Waals surface area contributed by atoms with Crippen molar-refractivity contribution < 1.29 is 9.59 Å². The van der Waals surface area contributed by atoms with Crippen molar-refractivity contribution in [1.29, 1.82) is 0 Å². The van der Waals surface area contributed by atoms with E-state index in [1.807, 2.05) is 6.07 Å². The molecule has 6 nitrogen and oxygen atoms in total. The molecule has 25 heavy (non-hydrogen) atoms. The number of anilines is 2. The Morgan fingerprint density at radius 1 is 1.12 bits per heavy atom. The highest BCUT2D eigenvalue weighted by Crippen LogP contribution is 2.20. The van der Waals surface area contributed by atoms with Crippen LogP contribution >= 0.6 is 0 Å². The molecular weight excluding hydrogens is 316 g/mol. The van der Waals surface area contributed by atoms with Gasteiger partial charge >= 0.3 is 0 Å². The molecule has 0 bridgehead atoms. The van der Waals surface area contributed by atoms with E-state index < -0.39 is 0 Å². The minimum absolute atomic E-state index is 0.000788. The number of benzene rings is 1. The number of aryl methyl sites for hydroxylation is 1. The first-order valence-electron chi connectivity index (χ1n) is 8.56. The van der Waals surface area contributed by atoms with E-state index in [2.05, 4.69) is 20.6 Å². The summed E-state index contributed by atoms with van der Waals surface area (Å²) in [6, 6.07) is 9.06. The molecule has 0 atom stereocenters. The van der Waals surface area contributed by atoms with Gasteiger partial charge in [0.1, 0.15) is 17.3 Å². The molecule has 1 fully saturated rings. The smallest absolute Gasteiger partial charge is 0.270 e. The normalized spacial score (nSPS) is 14.3. The summed E-state index contributed by atoms with van der Waals surface area (Å²) in [6.45, 7) is 3.28. The molecule has 0 radical (unpaired) electrons. The third-order valence-electron chi connectivity index (χ3n) is 4.30. The summed E-state index contributed by atoms with van der Waals surface area (Å²) in [6.07, 6.45) is 4.37. The molecule has 1 heterocycles. The Morgan fingerprint density at radius 2 is 1.88 bits per heavy atom. The first-order valence-corrected chi connectivity index (χ1v) is 8.56. The van der Waals surface area contributed by atoms with Crippen LogP contribution in [0.3, 0.4) is 0 Å². The molecule has 1 amide bonds. The van der Waals surface area contributed by atoms with E-state index in [9.17, 15) is 9.59 Å². The third-order valence-corrected chi connectivity index (χ3v) is 4.30. The highest BCUT2D eigenvalue weighted by molar-refractivity contribution is 5.95. The lowest BCUT2D eigenvalue weighted by molar-refractivity contribution is 0.0931. The Balaban J connectivity index is 1.78. The molecule has 0 spiro atoms. The second-order valence-electron chi connectivity index (χ2n) is 6.40. The highest BCUT2D eigenvalue weighted by atomic mass is 16.2. The molecule has 2 aromatic rings. The second-order valence-corrected chi connectivity index (χ2v) is 6.40. The second kappa shape index (κ2) is 7.42. The summed E-state index contributed by atoms with van der Waals surface area (Å²) in [7, 11) is 0. The number of hydrogen-bond donors (Lipinski definition) is 2. The van der Waals surface area contributed by atoms with Crippen LogP contribution in [-0.2, 0) is 0 Å². The standard InChI is InChI=1S/C19H22N4O2/c1-12(24)14-6-5-9-16(10-14)22-18-11-17(20-13(2)21-18)19(25)23-15-7-3-4-8-15/h5-6,9-11,15H,3-4,7-8H2,1-2H3,(H,23,25)(H,20,21,22). The third kappa shape index (κ3) is 4.41. The van der Waals surface area contributed by atoms with Crippen molar-refractivity contribution in [2.24, 2.45) is 0 Å². The molecule has 1 aromatic carbocycles. The SMILES string of the molecule is CC(=O)c1cccc(Nc2cc(C(=O)NC3CCCC3)nc(C)n2)c1. The number of carbonyl (C=O) groups is 2. The Bertz CT molecular complexity index is 798. The quantitative estimate of drug-likeness (QED) is 0.816. The fourth-order valence-corrected chi connectivity index (χ4v) is 3.04. The van der Waals surface area contributed by atoms with Gasteiger partial charge in [-0.2, -0.15) is 0 Å². The molecule has 1 aliphatic carbocycles. The number of nitrogens with zero attached hydrogens (tertiary/aromatic N) is 2. The number of aromatic nitrogens is 2. The van der Waals surface area contributed by atoms with Crippen molar-refractivity contribution in [1.82, 2.24) is 15.3 Å². The summed E-state index contributed by atoms with van der Waals surface area (Å²) in [5.74, 6) is 0.881. The van der Waals surface area contributed by atoms with Gasteiger partial charge in [-0.05, 0) is 38.8 Å². The number of Topliss-reactive ketones (excluding diaryl/α,β-unsaturated/α-hetero) is 1. The monoisotopic (exact) mass is 338 g/mol. The summed E-state index contributed by atoms with van der Waals surface area (Å²) >= 11 is 0. The van der Waals surface area contributed by atoms with Crippen LogP contribution in [0.4, 0.5) is 11.5 Å². The minimum Gasteiger partial charge on any atom is -0.348 e. The molecular formula is C19H22N4O2. The maximum atomic E-state index is 12.4. The molecule has 6 heteroatoms. The van der Waals surface area contributed by atoms with Crippen molar-refractivity contribution >= 4 is 23.2 Å². The lowest BCUT2D eigenvalue weighted by Crippen LogP contribution is -2.33. The Hall–Kier alpha value is -2.76. The van der Waals surface area contributed by atoms with Gasteiger partial charge in [-0.3, -0.25) is 9.59 Å². The van der Waals surface area contributed by atoms with Crippen molar-refractivity contribution in [2.75, 3.05) is 5.32 Å². The lowest BCUT2D eigenvalue weighted by atomic mass is 10.1. The molecule has 2 N–H and O–H groups in total. The largest absolute Gasteiger partial charge is 0.348 e. The van der Waals surface area contributed by atoms with Crippen LogP contribution in [0.1, 0.15) is 59.3 Å². The van der Waals surface area contributed by atoms with Gasteiger partial charge < -0.3 is 10.6 Å². The van der Waals surface area contributed by atoms with Gasteiger partial charge in [0, 0.05) is 23.4 Å². The van der Waals surface area contributed by atoms with Gasteiger partial charge in [-0.15, -0.1) is 0 Å². The Kier molecular flexibility index (Phi) is 5.07. The van der Waals surface area contributed by atoms with E-state index in [0.717, 1.165) is 31.4 Å². The van der Waals surface area contributed by atoms with Crippen molar-refractivity contribution in [3.63, 3.8) is 0 Å². The van der Waals surface area contributed by atoms with Gasteiger partial charge in [-0.1, -0.05) is 25.0 Å². The van der Waals surface area contributed by atoms with Crippen LogP contribution in [0.15, 0.2) is 30.3 Å². The number of rotatable bonds is 5. The average molecular weight is 338 g/mol. The lowest BCUT2D eigenvalue weighted by Gasteiger charge is -2.13. The van der Waals surface area contributed by atoms with Gasteiger partial charge in [0.05, 0.1) is 0 Å². The van der Waals surface area contributed by atoms with Crippen LogP contribution in [0.25, 0.3) is 0 Å². The number of ketones is 1. The summed E-state index contributed by atoms with van der Waals surface area (Å²) in [5.41, 5.74) is 1.72. The molecule has 1 saturated carbocycles. The molecule has 3 rings (SSSR count). The molecule has 0 aliphatic heterocycles. The van der Waals surface area contributed by atoms with Crippen LogP contribution in [-0.4, -0.2) is 27.7 Å². The fourth-order valence-electron chi connectivity index (χ4n) is 3.04. The predicted octanol–water partition coefficient (Wildman–Crippen LogP) is 3.40. The molecule has 0 saturated heterocycles. The molecule has 130 valence electrons.